The Morgan fingerprint density at radius 1 is 1.25 bits per heavy atom. The third-order valence-corrected chi connectivity index (χ3v) is 5.53. The third-order valence-electron chi connectivity index (χ3n) is 4.60. The number of imidazole rings is 1. The molecular weight excluding hydrogens is 318 g/mol. The molecule has 2 aromatic heterocycles. The summed E-state index contributed by atoms with van der Waals surface area (Å²) in [6.07, 6.45) is 6.60. The van der Waals surface area contributed by atoms with Crippen LogP contribution in [0.25, 0.3) is 16.2 Å². The number of rotatable bonds is 4. The van der Waals surface area contributed by atoms with Gasteiger partial charge in [0.2, 0.25) is 4.96 Å². The van der Waals surface area contributed by atoms with E-state index in [0.29, 0.717) is 11.6 Å². The average Bonchev–Trinajstić information content (AvgIpc) is 3.10. The molecule has 124 valence electrons. The van der Waals surface area contributed by atoms with Gasteiger partial charge in [0.1, 0.15) is 16.4 Å². The molecule has 5 heteroatoms. The zero-order chi connectivity index (χ0) is 16.7. The maximum absolute atomic E-state index is 11.7. The summed E-state index contributed by atoms with van der Waals surface area (Å²) in [6.45, 7) is 4.34. The Bertz CT molecular complexity index is 907. The fourth-order valence-electron chi connectivity index (χ4n) is 3.43. The molecule has 0 bridgehead atoms. The van der Waals surface area contributed by atoms with Crippen LogP contribution in [-0.4, -0.2) is 20.9 Å². The number of aldehydes is 1. The van der Waals surface area contributed by atoms with Crippen LogP contribution < -0.4 is 0 Å². The van der Waals surface area contributed by atoms with E-state index in [1.165, 1.54) is 24.0 Å². The number of hydrogen-bond donors (Lipinski definition) is 0. The van der Waals surface area contributed by atoms with Gasteiger partial charge >= 0.3 is 0 Å². The van der Waals surface area contributed by atoms with E-state index in [4.69, 9.17) is 4.98 Å². The van der Waals surface area contributed by atoms with E-state index >= 15 is 0 Å². The smallest absolute Gasteiger partial charge is 0.213 e. The standard InChI is InChI=1S/C19H21N3OS/c1-12(2)9-17-21-22-16(11-23)18(20-19(22)24-17)15-8-7-13-5-3-4-6-14(13)10-15/h7-8,10-12H,3-6,9H2,1-2H3. The van der Waals surface area contributed by atoms with Gasteiger partial charge in [-0.3, -0.25) is 4.79 Å². The van der Waals surface area contributed by atoms with Gasteiger partial charge in [-0.15, -0.1) is 0 Å². The second kappa shape index (κ2) is 6.13. The minimum absolute atomic E-state index is 0.542. The predicted octanol–water partition coefficient (Wildman–Crippen LogP) is 4.35. The number of carbonyl (C=O) groups excluding carboxylic acids is 1. The van der Waals surface area contributed by atoms with E-state index in [1.807, 2.05) is 0 Å². The maximum Gasteiger partial charge on any atom is 0.213 e. The summed E-state index contributed by atoms with van der Waals surface area (Å²) in [5.74, 6) is 0.542. The molecule has 4 nitrogen and oxygen atoms in total. The second-order valence-corrected chi connectivity index (χ2v) is 7.98. The second-order valence-electron chi connectivity index (χ2n) is 6.94. The third kappa shape index (κ3) is 2.67. The summed E-state index contributed by atoms with van der Waals surface area (Å²) in [5, 5.41) is 5.63. The quantitative estimate of drug-likeness (QED) is 0.664. The summed E-state index contributed by atoms with van der Waals surface area (Å²) in [4.78, 5) is 17.2. The van der Waals surface area contributed by atoms with Crippen LogP contribution in [0.3, 0.4) is 0 Å². The molecule has 0 unspecified atom stereocenters. The topological polar surface area (TPSA) is 47.3 Å². The molecule has 0 saturated heterocycles. The molecular formula is C19H21N3OS. The summed E-state index contributed by atoms with van der Waals surface area (Å²) in [7, 11) is 0. The van der Waals surface area contributed by atoms with Crippen molar-refractivity contribution in [2.75, 3.05) is 0 Å². The Kier molecular flexibility index (Phi) is 3.96. The highest BCUT2D eigenvalue weighted by atomic mass is 32.1. The lowest BCUT2D eigenvalue weighted by molar-refractivity contribution is 0.111. The van der Waals surface area contributed by atoms with E-state index in [1.54, 1.807) is 15.9 Å². The van der Waals surface area contributed by atoms with Crippen molar-refractivity contribution in [3.05, 3.63) is 40.0 Å². The first kappa shape index (κ1) is 15.5. The number of aromatic nitrogens is 3. The highest BCUT2D eigenvalue weighted by Gasteiger charge is 2.19. The van der Waals surface area contributed by atoms with Gasteiger partial charge in [0, 0.05) is 12.0 Å². The van der Waals surface area contributed by atoms with Gasteiger partial charge in [0.15, 0.2) is 6.29 Å². The molecule has 0 spiro atoms. The van der Waals surface area contributed by atoms with E-state index in [0.717, 1.165) is 46.8 Å². The van der Waals surface area contributed by atoms with Crippen molar-refractivity contribution in [3.8, 4) is 11.3 Å². The Morgan fingerprint density at radius 3 is 2.79 bits per heavy atom. The number of benzene rings is 1. The zero-order valence-electron chi connectivity index (χ0n) is 14.1. The average molecular weight is 339 g/mol. The van der Waals surface area contributed by atoms with Gasteiger partial charge in [-0.2, -0.15) is 9.61 Å². The van der Waals surface area contributed by atoms with Crippen LogP contribution >= 0.6 is 11.3 Å². The van der Waals surface area contributed by atoms with Crippen molar-refractivity contribution in [2.45, 2.75) is 46.0 Å². The predicted molar refractivity (Wildman–Crippen MR) is 96.9 cm³/mol. The fourth-order valence-corrected chi connectivity index (χ4v) is 4.55. The van der Waals surface area contributed by atoms with Crippen molar-refractivity contribution in [1.29, 1.82) is 0 Å². The molecule has 24 heavy (non-hydrogen) atoms. The first-order valence-electron chi connectivity index (χ1n) is 8.61. The Hall–Kier alpha value is -2.01. The molecule has 1 aliphatic carbocycles. The van der Waals surface area contributed by atoms with Crippen molar-refractivity contribution in [3.63, 3.8) is 0 Å². The first-order valence-corrected chi connectivity index (χ1v) is 9.43. The number of fused-ring (bicyclic) bond motifs is 2. The molecule has 0 radical (unpaired) electrons. The van der Waals surface area contributed by atoms with Crippen LogP contribution in [-0.2, 0) is 19.3 Å². The SMILES string of the molecule is CC(C)Cc1nn2c(C=O)c(-c3ccc4c(c3)CCCC4)nc2s1. The lowest BCUT2D eigenvalue weighted by atomic mass is 9.90. The molecule has 3 aromatic rings. The van der Waals surface area contributed by atoms with Crippen LogP contribution in [0.2, 0.25) is 0 Å². The van der Waals surface area contributed by atoms with Crippen LogP contribution in [0.15, 0.2) is 18.2 Å². The molecule has 0 N–H and O–H groups in total. The van der Waals surface area contributed by atoms with E-state index < -0.39 is 0 Å². The van der Waals surface area contributed by atoms with Crippen molar-refractivity contribution < 1.29 is 4.79 Å². The number of aryl methyl sites for hydroxylation is 2. The molecule has 0 fully saturated rings. The zero-order valence-corrected chi connectivity index (χ0v) is 14.9. The molecule has 0 amide bonds. The molecule has 0 aliphatic heterocycles. The fraction of sp³-hybridized carbons (Fsp3) is 0.421. The van der Waals surface area contributed by atoms with Gasteiger partial charge in [0.05, 0.1) is 0 Å². The number of hydrogen-bond acceptors (Lipinski definition) is 4. The van der Waals surface area contributed by atoms with Gasteiger partial charge in [-0.05, 0) is 48.8 Å². The van der Waals surface area contributed by atoms with Gasteiger partial charge in [-0.1, -0.05) is 37.3 Å². The van der Waals surface area contributed by atoms with Crippen LogP contribution in [0.1, 0.15) is 53.3 Å². The maximum atomic E-state index is 11.7. The summed E-state index contributed by atoms with van der Waals surface area (Å²) < 4.78 is 1.71. The monoisotopic (exact) mass is 339 g/mol. The molecule has 4 rings (SSSR count). The summed E-state index contributed by atoms with van der Waals surface area (Å²) >= 11 is 1.58. The van der Waals surface area contributed by atoms with Gasteiger partial charge in [0.25, 0.3) is 0 Å². The largest absolute Gasteiger partial charge is 0.296 e. The first-order chi connectivity index (χ1) is 11.7. The van der Waals surface area contributed by atoms with Crippen LogP contribution in [0.4, 0.5) is 0 Å². The lowest BCUT2D eigenvalue weighted by Crippen LogP contribution is -2.03. The summed E-state index contributed by atoms with van der Waals surface area (Å²) in [6, 6.07) is 6.51. The molecule has 2 heterocycles. The van der Waals surface area contributed by atoms with Crippen molar-refractivity contribution >= 4 is 22.6 Å². The Balaban J connectivity index is 1.79. The normalized spacial score (nSPS) is 14.3. The highest BCUT2D eigenvalue weighted by molar-refractivity contribution is 7.16. The van der Waals surface area contributed by atoms with Crippen molar-refractivity contribution in [1.82, 2.24) is 14.6 Å². The molecule has 1 aromatic carbocycles. The van der Waals surface area contributed by atoms with Crippen LogP contribution in [0.5, 0.6) is 0 Å². The molecule has 0 atom stereocenters. The van der Waals surface area contributed by atoms with Crippen molar-refractivity contribution in [2.24, 2.45) is 5.92 Å². The molecule has 0 saturated carbocycles. The van der Waals surface area contributed by atoms with E-state index in [-0.39, 0.29) is 0 Å². The lowest BCUT2D eigenvalue weighted by Gasteiger charge is -2.16. The summed E-state index contributed by atoms with van der Waals surface area (Å²) in [5.41, 5.74) is 5.19. The van der Waals surface area contributed by atoms with E-state index in [2.05, 4.69) is 37.1 Å². The Labute approximate surface area is 145 Å². The minimum Gasteiger partial charge on any atom is -0.296 e. The Morgan fingerprint density at radius 2 is 2.04 bits per heavy atom. The van der Waals surface area contributed by atoms with Crippen LogP contribution in [0, 0.1) is 5.92 Å². The number of nitrogens with zero attached hydrogens (tertiary/aromatic N) is 3. The highest BCUT2D eigenvalue weighted by Crippen LogP contribution is 2.30. The minimum atomic E-state index is 0.542. The van der Waals surface area contributed by atoms with E-state index in [9.17, 15) is 4.79 Å². The molecule has 1 aliphatic rings. The van der Waals surface area contributed by atoms with Gasteiger partial charge in [-0.25, -0.2) is 4.98 Å². The number of carbonyl (C=O) groups is 1. The van der Waals surface area contributed by atoms with Gasteiger partial charge < -0.3 is 0 Å².